The van der Waals surface area contributed by atoms with Gasteiger partial charge in [-0.15, -0.1) is 5.10 Å². The highest BCUT2D eigenvalue weighted by Crippen LogP contribution is 2.23. The zero-order valence-corrected chi connectivity index (χ0v) is 18.7. The highest BCUT2D eigenvalue weighted by Gasteiger charge is 2.31. The monoisotopic (exact) mass is 441 g/mol. The summed E-state index contributed by atoms with van der Waals surface area (Å²) in [6.45, 7) is 3.62. The fraction of sp³-hybridized carbons (Fsp3) is 0.625. The number of hydrogen-bond acceptors (Lipinski definition) is 6. The lowest BCUT2D eigenvalue weighted by Crippen LogP contribution is -2.51. The molecule has 2 N–H and O–H groups in total. The Morgan fingerprint density at radius 3 is 2.72 bits per heavy atom. The first kappa shape index (κ1) is 22.9. The van der Waals surface area contributed by atoms with Crippen LogP contribution < -0.4 is 5.32 Å². The summed E-state index contributed by atoms with van der Waals surface area (Å²) in [5.74, 6) is 0.0529. The van der Waals surface area contributed by atoms with Crippen LogP contribution >= 0.6 is 0 Å². The van der Waals surface area contributed by atoms with Crippen molar-refractivity contribution in [2.24, 2.45) is 0 Å². The van der Waals surface area contributed by atoms with Crippen molar-refractivity contribution in [2.45, 2.75) is 69.7 Å². The lowest BCUT2D eigenvalue weighted by atomic mass is 9.97. The second-order valence-corrected chi connectivity index (χ2v) is 8.90. The van der Waals surface area contributed by atoms with Gasteiger partial charge < -0.3 is 20.1 Å². The van der Waals surface area contributed by atoms with Crippen molar-refractivity contribution >= 4 is 5.91 Å². The first-order chi connectivity index (χ1) is 15.7. The van der Waals surface area contributed by atoms with Crippen LogP contribution in [0.2, 0.25) is 0 Å². The van der Waals surface area contributed by atoms with Gasteiger partial charge in [-0.05, 0) is 45.2 Å². The summed E-state index contributed by atoms with van der Waals surface area (Å²) < 4.78 is 7.96. The van der Waals surface area contributed by atoms with Gasteiger partial charge in [-0.1, -0.05) is 42.0 Å². The number of nitrogens with one attached hydrogen (secondary N) is 1. The summed E-state index contributed by atoms with van der Waals surface area (Å²) in [5, 5.41) is 21.4. The number of benzene rings is 1. The maximum Gasteiger partial charge on any atom is 0.221 e. The number of aromatic nitrogens is 3. The van der Waals surface area contributed by atoms with Crippen molar-refractivity contribution in [2.75, 3.05) is 26.2 Å². The molecule has 8 nitrogen and oxygen atoms in total. The molecule has 3 atom stereocenters. The first-order valence-corrected chi connectivity index (χ1v) is 11.9. The summed E-state index contributed by atoms with van der Waals surface area (Å²) in [6.07, 6.45) is 8.37. The van der Waals surface area contributed by atoms with E-state index in [1.54, 1.807) is 0 Å². The zero-order valence-electron chi connectivity index (χ0n) is 18.7. The minimum absolute atomic E-state index is 0.0398. The lowest BCUT2D eigenvalue weighted by molar-refractivity contribution is -0.129. The van der Waals surface area contributed by atoms with E-state index in [1.165, 1.54) is 19.3 Å². The molecule has 8 heteroatoms. The van der Waals surface area contributed by atoms with Crippen LogP contribution in [0.4, 0.5) is 0 Å². The van der Waals surface area contributed by atoms with Gasteiger partial charge in [0.05, 0.1) is 24.9 Å². The van der Waals surface area contributed by atoms with Crippen molar-refractivity contribution in [1.82, 2.24) is 25.2 Å². The number of amides is 1. The molecule has 2 fully saturated rings. The fourth-order valence-electron chi connectivity index (χ4n) is 4.66. The Balaban J connectivity index is 1.20. The predicted octanol–water partition coefficient (Wildman–Crippen LogP) is 2.24. The second kappa shape index (κ2) is 11.5. The number of likely N-dealkylation sites (tertiary alicyclic amines) is 1. The largest absolute Gasteiger partial charge is 0.394 e. The van der Waals surface area contributed by atoms with Gasteiger partial charge in [0.25, 0.3) is 0 Å². The topological polar surface area (TPSA) is 92.5 Å². The van der Waals surface area contributed by atoms with Crippen molar-refractivity contribution in [3.05, 3.63) is 36.5 Å². The minimum Gasteiger partial charge on any atom is -0.394 e. The van der Waals surface area contributed by atoms with E-state index in [4.69, 9.17) is 4.74 Å². The van der Waals surface area contributed by atoms with Crippen molar-refractivity contribution in [1.29, 1.82) is 0 Å². The summed E-state index contributed by atoms with van der Waals surface area (Å²) in [5.41, 5.74) is 1.91. The molecule has 0 aliphatic carbocycles. The molecular formula is C24H35N5O3. The molecule has 1 amide bonds. The number of aliphatic hydroxyl groups excluding tert-OH is 1. The molecule has 2 aliphatic heterocycles. The van der Waals surface area contributed by atoms with E-state index < -0.39 is 0 Å². The highest BCUT2D eigenvalue weighted by molar-refractivity contribution is 5.76. The Morgan fingerprint density at radius 2 is 1.94 bits per heavy atom. The van der Waals surface area contributed by atoms with Crippen LogP contribution in [0.15, 0.2) is 36.5 Å². The summed E-state index contributed by atoms with van der Waals surface area (Å²) in [6, 6.07) is 9.87. The molecule has 2 aromatic rings. The average molecular weight is 442 g/mol. The molecule has 4 rings (SSSR count). The molecule has 1 aromatic carbocycles. The molecule has 0 spiro atoms. The van der Waals surface area contributed by atoms with Gasteiger partial charge in [0.1, 0.15) is 11.8 Å². The Bertz CT molecular complexity index is 837. The third-order valence-corrected chi connectivity index (χ3v) is 6.53. The fourth-order valence-corrected chi connectivity index (χ4v) is 4.66. The molecule has 2 saturated heterocycles. The van der Waals surface area contributed by atoms with E-state index in [2.05, 4.69) is 20.5 Å². The number of hydrogen-bond donors (Lipinski definition) is 2. The number of piperidine rings is 1. The number of rotatable bonds is 9. The van der Waals surface area contributed by atoms with Crippen molar-refractivity contribution in [3.63, 3.8) is 0 Å². The molecule has 0 radical (unpaired) electrons. The van der Waals surface area contributed by atoms with Gasteiger partial charge in [0.15, 0.2) is 0 Å². The number of aryl methyl sites for hydroxylation is 1. The normalized spacial score (nSPS) is 24.3. The molecule has 32 heavy (non-hydrogen) atoms. The van der Waals surface area contributed by atoms with Gasteiger partial charge >= 0.3 is 0 Å². The predicted molar refractivity (Wildman–Crippen MR) is 122 cm³/mol. The molecule has 1 aromatic heterocycles. The molecular weight excluding hydrogens is 406 g/mol. The maximum absolute atomic E-state index is 12.4. The van der Waals surface area contributed by atoms with E-state index in [0.29, 0.717) is 13.0 Å². The summed E-state index contributed by atoms with van der Waals surface area (Å²) in [7, 11) is 0. The van der Waals surface area contributed by atoms with Crippen LogP contribution in [0.5, 0.6) is 0 Å². The van der Waals surface area contributed by atoms with Crippen LogP contribution in [-0.2, 0) is 16.1 Å². The van der Waals surface area contributed by atoms with Gasteiger partial charge in [-0.3, -0.25) is 9.48 Å². The van der Waals surface area contributed by atoms with Crippen molar-refractivity contribution in [3.8, 4) is 11.3 Å². The maximum atomic E-state index is 12.4. The number of ether oxygens (including phenoxy) is 1. The van der Waals surface area contributed by atoms with Gasteiger partial charge in [-0.25, -0.2) is 0 Å². The number of carbonyl (C=O) groups excluding carboxylic acids is 1. The molecule has 3 heterocycles. The molecule has 0 bridgehead atoms. The van der Waals surface area contributed by atoms with Gasteiger partial charge in [0.2, 0.25) is 5.91 Å². The van der Waals surface area contributed by atoms with Crippen LogP contribution in [0.25, 0.3) is 11.3 Å². The Hall–Kier alpha value is -2.29. The molecule has 2 aliphatic rings. The van der Waals surface area contributed by atoms with Gasteiger partial charge in [0, 0.05) is 25.1 Å². The van der Waals surface area contributed by atoms with E-state index in [1.807, 2.05) is 41.2 Å². The van der Waals surface area contributed by atoms with Crippen LogP contribution in [0.3, 0.4) is 0 Å². The second-order valence-electron chi connectivity index (χ2n) is 8.90. The Labute approximate surface area is 189 Å². The standard InChI is InChI=1S/C24H35N5O3/c30-18-23-21(25-24(31)12-15-28-13-5-2-6-14-28)10-9-20(32-23)11-16-29-17-22(26-27-29)19-7-3-1-4-8-19/h1,3-4,7-8,17,20-21,23,30H,2,5-6,9-16,18H2,(H,25,31)/t20-,21+,23+/m0/s1. The third-order valence-electron chi connectivity index (χ3n) is 6.53. The molecule has 174 valence electrons. The average Bonchev–Trinajstić information content (AvgIpc) is 3.32. The third kappa shape index (κ3) is 6.37. The van der Waals surface area contributed by atoms with Gasteiger partial charge in [-0.2, -0.15) is 0 Å². The van der Waals surface area contributed by atoms with E-state index in [-0.39, 0.29) is 30.8 Å². The zero-order chi connectivity index (χ0) is 22.2. The van der Waals surface area contributed by atoms with E-state index in [9.17, 15) is 9.90 Å². The SMILES string of the molecule is O=C(CCN1CCCCC1)N[C@@H]1CC[C@@H](CCn2cc(-c3ccccc3)nn2)O[C@@H]1CO. The number of carbonyl (C=O) groups is 1. The molecule has 0 unspecified atom stereocenters. The first-order valence-electron chi connectivity index (χ1n) is 11.9. The van der Waals surface area contributed by atoms with Crippen LogP contribution in [-0.4, -0.2) is 75.4 Å². The van der Waals surface area contributed by atoms with E-state index >= 15 is 0 Å². The summed E-state index contributed by atoms with van der Waals surface area (Å²) >= 11 is 0. The minimum atomic E-state index is -0.358. The van der Waals surface area contributed by atoms with Crippen molar-refractivity contribution < 1.29 is 14.6 Å². The lowest BCUT2D eigenvalue weighted by Gasteiger charge is -2.36. The Morgan fingerprint density at radius 1 is 1.12 bits per heavy atom. The van der Waals surface area contributed by atoms with Crippen LogP contribution in [0, 0.1) is 0 Å². The highest BCUT2D eigenvalue weighted by atomic mass is 16.5. The summed E-state index contributed by atoms with van der Waals surface area (Å²) in [4.78, 5) is 14.8. The molecule has 0 saturated carbocycles. The van der Waals surface area contributed by atoms with E-state index in [0.717, 1.165) is 50.2 Å². The number of aliphatic hydroxyl groups is 1. The Kier molecular flexibility index (Phi) is 8.25. The quantitative estimate of drug-likeness (QED) is 0.620. The smallest absolute Gasteiger partial charge is 0.221 e. The van der Waals surface area contributed by atoms with Crippen LogP contribution in [0.1, 0.15) is 44.9 Å². The number of nitrogens with zero attached hydrogens (tertiary/aromatic N) is 4.